The fourth-order valence-electron chi connectivity index (χ4n) is 0.286. The van der Waals surface area contributed by atoms with Gasteiger partial charge in [0.05, 0.1) is 1.37 Å². The molecule has 1 aromatic rings. The van der Waals surface area contributed by atoms with E-state index >= 15 is 0 Å². The van der Waals surface area contributed by atoms with Crippen molar-refractivity contribution in [3.63, 3.8) is 0 Å². The first-order valence-corrected chi connectivity index (χ1v) is 1.70. The molecule has 0 aromatic carbocycles. The van der Waals surface area contributed by atoms with Crippen LogP contribution in [0.3, 0.4) is 0 Å². The summed E-state index contributed by atoms with van der Waals surface area (Å²) < 4.78 is 49.0. The molecule has 1 rings (SSSR count). The molecule has 0 unspecified atom stereocenters. The predicted octanol–water partition coefficient (Wildman–Crippen LogP) is 1.03. The van der Waals surface area contributed by atoms with E-state index in [2.05, 4.69) is 9.97 Å². The minimum Gasteiger partial charge on any atom is -0.346 e. The molecule has 0 spiro atoms. The Balaban J connectivity index is 3.19. The highest BCUT2D eigenvalue weighted by Gasteiger charge is 1.83. The molecule has 1 aromatic heterocycles. The molecule has 0 saturated heterocycles. The van der Waals surface area contributed by atoms with Crippen LogP contribution >= 0.6 is 0 Å². The molecule has 0 aliphatic heterocycles. The van der Waals surface area contributed by atoms with Crippen LogP contribution < -0.4 is 0 Å². The van der Waals surface area contributed by atoms with Gasteiger partial charge in [-0.3, -0.25) is 0 Å². The van der Waals surface area contributed by atoms with Crippen LogP contribution in [0.25, 0.3) is 0 Å². The van der Waals surface area contributed by atoms with Gasteiger partial charge in [-0.1, -0.05) is 0 Å². The summed E-state index contributed by atoms with van der Waals surface area (Å²) in [4.78, 5) is 5.47. The van der Waals surface area contributed by atoms with Crippen molar-refractivity contribution in [2.45, 2.75) is 13.7 Å². The molecule has 0 radical (unpaired) electrons. The summed E-state index contributed by atoms with van der Waals surface area (Å²) in [5, 5.41) is 0. The van der Waals surface area contributed by atoms with Crippen molar-refractivity contribution >= 4 is 0 Å². The zero-order chi connectivity index (χ0) is 11.1. The van der Waals surface area contributed by atoms with Crippen molar-refractivity contribution in [1.82, 2.24) is 9.97 Å². The third-order valence-electron chi connectivity index (χ3n) is 0.523. The smallest absolute Gasteiger partial charge is 0.103 e. The number of nitrogens with zero attached hydrogens (tertiary/aromatic N) is 1. The zero-order valence-electron chi connectivity index (χ0n) is 10.4. The average molecular weight is 103 g/mol. The van der Waals surface area contributed by atoms with Crippen molar-refractivity contribution in [1.29, 1.82) is 0 Å². The van der Waals surface area contributed by atoms with Gasteiger partial charge in [0.15, 0.2) is 0 Å². The highest BCUT2D eigenvalue weighted by Crippen LogP contribution is 1.89. The molecular formula is C5H8N2. The van der Waals surface area contributed by atoms with E-state index in [1.54, 1.807) is 0 Å². The quantitative estimate of drug-likeness (QED) is 0.522. The average Bonchev–Trinajstić information content (AvgIpc) is 2.27. The number of hydrogen-bond acceptors (Lipinski definition) is 1. The third-order valence-corrected chi connectivity index (χ3v) is 0.523. The van der Waals surface area contributed by atoms with Crippen LogP contribution in [0, 0.1) is 13.7 Å². The minimum absolute atomic E-state index is 0.441. The lowest BCUT2D eigenvalue weighted by molar-refractivity contribution is 1.13. The fraction of sp³-hybridized carbons (Fsp3) is 0.400. The molecule has 2 heteroatoms. The first-order valence-electron chi connectivity index (χ1n) is 5.20. The zero-order valence-corrected chi connectivity index (χ0v) is 3.45. The largest absolute Gasteiger partial charge is 0.346 e. The molecule has 2 nitrogen and oxygen atoms in total. The minimum atomic E-state index is -2.53. The maximum absolute atomic E-state index is 7.17. The molecule has 1 heterocycles. The van der Waals surface area contributed by atoms with Gasteiger partial charge < -0.3 is 4.98 Å². The number of aryl methyl sites for hydroxylation is 2. The molecule has 0 aliphatic rings. The number of nitrogens with one attached hydrogen (secondary N) is 1. The van der Waals surface area contributed by atoms with Crippen LogP contribution in [0.1, 0.15) is 21.1 Å². The lowest BCUT2D eigenvalue weighted by atomic mass is 10.6. The molecule has 38 valence electrons. The van der Waals surface area contributed by atoms with Gasteiger partial charge in [-0.25, -0.2) is 4.98 Å². The van der Waals surface area contributed by atoms with Gasteiger partial charge in [0.1, 0.15) is 5.82 Å². The number of H-pyrrole nitrogens is 1. The fourth-order valence-corrected chi connectivity index (χ4v) is 0.286. The molecule has 0 saturated carbocycles. The molecule has 0 amide bonds. The topological polar surface area (TPSA) is 28.7 Å². The summed E-state index contributed by atoms with van der Waals surface area (Å²) in [6, 6.07) is 0. The van der Waals surface area contributed by atoms with E-state index in [-0.39, 0.29) is 0 Å². The van der Waals surface area contributed by atoms with E-state index in [1.165, 1.54) is 0 Å². The second-order valence-electron chi connectivity index (χ2n) is 1.07. The van der Waals surface area contributed by atoms with Crippen LogP contribution in [-0.2, 0) is 0 Å². The van der Waals surface area contributed by atoms with Gasteiger partial charge in [-0.05, 0) is 13.7 Å². The third kappa shape index (κ3) is 0.796. The molecular weight excluding hydrogens is 88.1 g/mol. The number of aromatic amines is 1. The Morgan fingerprint density at radius 2 is 3.00 bits per heavy atom. The second-order valence-corrected chi connectivity index (χ2v) is 1.07. The molecule has 7 heavy (non-hydrogen) atoms. The number of imidazole rings is 1. The number of hydrogen-bond donors (Lipinski definition) is 1. The summed E-state index contributed by atoms with van der Waals surface area (Å²) in [7, 11) is 0. The van der Waals surface area contributed by atoms with Gasteiger partial charge in [-0.2, -0.15) is 0 Å². The van der Waals surface area contributed by atoms with Gasteiger partial charge in [-0.15, -0.1) is 0 Å². The highest BCUT2D eigenvalue weighted by atomic mass is 14.9. The summed E-state index contributed by atoms with van der Waals surface area (Å²) >= 11 is 0. The van der Waals surface area contributed by atoms with E-state index in [0.29, 0.717) is 0 Å². The van der Waals surface area contributed by atoms with Gasteiger partial charge in [0.2, 0.25) is 0 Å². The van der Waals surface area contributed by atoms with E-state index in [4.69, 9.17) is 9.60 Å². The van der Waals surface area contributed by atoms with Crippen molar-refractivity contribution in [3.05, 3.63) is 17.7 Å². The van der Waals surface area contributed by atoms with Crippen molar-refractivity contribution in [3.8, 4) is 0 Å². The van der Waals surface area contributed by atoms with Gasteiger partial charge in [0.25, 0.3) is 0 Å². The highest BCUT2D eigenvalue weighted by molar-refractivity contribution is 4.95. The van der Waals surface area contributed by atoms with E-state index < -0.39 is 31.4 Å². The maximum Gasteiger partial charge on any atom is 0.103 e. The van der Waals surface area contributed by atoms with Crippen LogP contribution in [0.15, 0.2) is 6.17 Å². The Kier molecular flexibility index (Phi) is 0.189. The first-order chi connectivity index (χ1) is 6.12. The summed E-state index contributed by atoms with van der Waals surface area (Å²) in [5.41, 5.74) is -0.441. The SMILES string of the molecule is [2H]c1nc(C([2H])([2H])[2H])[nH]c1C([2H])([2H])[2H]. The molecule has 0 fully saturated rings. The van der Waals surface area contributed by atoms with E-state index in [1.807, 2.05) is 0 Å². The lowest BCUT2D eigenvalue weighted by Gasteiger charge is -1.74. The van der Waals surface area contributed by atoms with Crippen molar-refractivity contribution < 1.29 is 9.60 Å². The van der Waals surface area contributed by atoms with Crippen molar-refractivity contribution in [2.75, 3.05) is 0 Å². The predicted molar refractivity (Wildman–Crippen MR) is 28.1 cm³/mol. The Bertz CT molecular complexity index is 333. The number of aromatic nitrogens is 2. The maximum atomic E-state index is 7.17. The monoisotopic (exact) mass is 103 g/mol. The summed E-state index contributed by atoms with van der Waals surface area (Å²) in [6.45, 7) is -5.05. The van der Waals surface area contributed by atoms with Crippen molar-refractivity contribution in [2.24, 2.45) is 0 Å². The Morgan fingerprint density at radius 1 is 2.00 bits per heavy atom. The normalized spacial score (nSPS) is 27.7. The summed E-state index contributed by atoms with van der Waals surface area (Å²) in [5.74, 6) is -0.464. The van der Waals surface area contributed by atoms with Crippen LogP contribution in [0.5, 0.6) is 0 Å². The number of rotatable bonds is 0. The first kappa shape index (κ1) is 0.966. The Labute approximate surface area is 52.4 Å². The Morgan fingerprint density at radius 3 is 3.43 bits per heavy atom. The van der Waals surface area contributed by atoms with Gasteiger partial charge >= 0.3 is 0 Å². The summed E-state index contributed by atoms with van der Waals surface area (Å²) in [6.07, 6.45) is -0.545. The molecule has 0 bridgehead atoms. The standard InChI is InChI=1S/C5H8N2/c1-4-3-6-5(2)7-4/h3H,1-2H3,(H,6,7)/i1D3,2D3,3D. The lowest BCUT2D eigenvalue weighted by Crippen LogP contribution is -1.70. The van der Waals surface area contributed by atoms with Crippen LogP contribution in [0.2, 0.25) is 0 Å². The van der Waals surface area contributed by atoms with Gasteiger partial charge in [0, 0.05) is 20.1 Å². The van der Waals surface area contributed by atoms with E-state index in [9.17, 15) is 0 Å². The molecule has 0 atom stereocenters. The van der Waals surface area contributed by atoms with E-state index in [0.717, 1.165) is 0 Å². The van der Waals surface area contributed by atoms with Crippen LogP contribution in [-0.4, -0.2) is 9.97 Å². The Hall–Kier alpha value is -0.790. The second kappa shape index (κ2) is 1.37. The molecule has 1 N–H and O–H groups in total. The molecule has 0 aliphatic carbocycles. The van der Waals surface area contributed by atoms with Crippen LogP contribution in [0.4, 0.5) is 0 Å².